The van der Waals surface area contributed by atoms with Crippen molar-refractivity contribution in [1.82, 2.24) is 0 Å². The van der Waals surface area contributed by atoms with E-state index in [1.807, 2.05) is 0 Å². The van der Waals surface area contributed by atoms with Crippen LogP contribution in [0.1, 0.15) is 66.8 Å². The predicted molar refractivity (Wildman–Crippen MR) is 401 cm³/mol. The van der Waals surface area contributed by atoms with Crippen LogP contribution in [0.5, 0.6) is 0 Å². The predicted octanol–water partition coefficient (Wildman–Crippen LogP) is 23.5. The first kappa shape index (κ1) is 74.4. The SMILES string of the molecule is [C]=O.[C]=O.[W].c1ccc(CP(Cc2ccccc2)Cc2ccccc2)cc1.c1ccc(CP(Cc2ccccc2)Cc2ccccc2)cc1.c1ccc(CP(Cc2ccccc2)Cc2ccccc2)cc1.c1ccc(CP(Cc2ccccc2)Cc2ccccc2)cc1. The summed E-state index contributed by atoms with van der Waals surface area (Å²) in [6.45, 7) is 9.00. The summed E-state index contributed by atoms with van der Waals surface area (Å²) in [6.07, 6.45) is 14.3. The van der Waals surface area contributed by atoms with Gasteiger partial charge in [0.1, 0.15) is 0 Å². The molecule has 93 heavy (non-hydrogen) atoms. The van der Waals surface area contributed by atoms with Crippen molar-refractivity contribution in [1.29, 1.82) is 0 Å². The molecule has 0 bridgehead atoms. The second-order valence-electron chi connectivity index (χ2n) is 22.4. The van der Waals surface area contributed by atoms with Gasteiger partial charge in [-0.25, -0.2) is 0 Å². The summed E-state index contributed by atoms with van der Waals surface area (Å²) >= 11 is 0. The zero-order valence-electron chi connectivity index (χ0n) is 53.1. The molecule has 466 valence electrons. The van der Waals surface area contributed by atoms with Gasteiger partial charge in [0.15, 0.2) is 0 Å². The molecule has 4 radical (unpaired) electrons. The summed E-state index contributed by atoms with van der Waals surface area (Å²) in [4.78, 5) is 15.0. The molecule has 0 aliphatic rings. The third-order valence-electron chi connectivity index (χ3n) is 15.0. The monoisotopic (exact) mass is 1460 g/mol. The Morgan fingerprint density at radius 2 is 0.204 bits per heavy atom. The molecule has 0 amide bonds. The van der Waals surface area contributed by atoms with Crippen molar-refractivity contribution in [3.63, 3.8) is 0 Å². The summed E-state index contributed by atoms with van der Waals surface area (Å²) in [7, 11) is -0.358. The Balaban J connectivity index is 0.000000192. The van der Waals surface area contributed by atoms with Crippen LogP contribution in [0.4, 0.5) is 0 Å². The van der Waals surface area contributed by atoms with Gasteiger partial charge in [-0.3, -0.25) is 9.59 Å². The van der Waals surface area contributed by atoms with Gasteiger partial charge in [-0.05, 0) is 141 Å². The van der Waals surface area contributed by atoms with Crippen LogP contribution < -0.4 is 0 Å². The van der Waals surface area contributed by atoms with Crippen LogP contribution in [0.15, 0.2) is 364 Å². The molecule has 0 fully saturated rings. The first-order chi connectivity index (χ1) is 45.6. The molecule has 7 heteroatoms. The maximum Gasteiger partial charge on any atom is 0.281 e. The van der Waals surface area contributed by atoms with Crippen LogP contribution in [0.2, 0.25) is 0 Å². The minimum Gasteiger partial charge on any atom is -0.281 e. The molecule has 0 saturated heterocycles. The fraction of sp³-hybridized carbons (Fsp3) is 0.140. The summed E-state index contributed by atoms with van der Waals surface area (Å²) in [5.41, 5.74) is 17.5. The van der Waals surface area contributed by atoms with E-state index >= 15 is 0 Å². The number of hydrogen-bond acceptors (Lipinski definition) is 2. The van der Waals surface area contributed by atoms with Gasteiger partial charge in [0.25, 0.3) is 13.6 Å². The summed E-state index contributed by atoms with van der Waals surface area (Å²) in [6, 6.07) is 131. The molecule has 0 atom stereocenters. The first-order valence-electron chi connectivity index (χ1n) is 31.4. The van der Waals surface area contributed by atoms with E-state index in [0.717, 1.165) is 0 Å². The van der Waals surface area contributed by atoms with Crippen LogP contribution in [-0.2, 0) is 105 Å². The van der Waals surface area contributed by atoms with Crippen molar-refractivity contribution < 1.29 is 30.7 Å². The summed E-state index contributed by atoms with van der Waals surface area (Å²) in [5.74, 6) is 0. The third kappa shape index (κ3) is 30.8. The Labute approximate surface area is 576 Å². The molecular formula is C86H84O2P4W. The molecule has 0 unspecified atom stereocenters. The van der Waals surface area contributed by atoms with Crippen molar-refractivity contribution in [2.24, 2.45) is 0 Å². The molecule has 0 saturated carbocycles. The second-order valence-corrected chi connectivity index (χ2v) is 31.6. The number of rotatable bonds is 24. The smallest absolute Gasteiger partial charge is 0.281 e. The second kappa shape index (κ2) is 46.5. The Kier molecular flexibility index (Phi) is 37.2. The van der Waals surface area contributed by atoms with Gasteiger partial charge in [-0.15, -0.1) is 0 Å². The summed E-state index contributed by atoms with van der Waals surface area (Å²) in [5, 5.41) is 0. The van der Waals surface area contributed by atoms with Gasteiger partial charge in [0.2, 0.25) is 0 Å². The summed E-state index contributed by atoms with van der Waals surface area (Å²) < 4.78 is 0. The zero-order valence-corrected chi connectivity index (χ0v) is 59.7. The van der Waals surface area contributed by atoms with E-state index in [4.69, 9.17) is 9.59 Å². The molecule has 0 aliphatic heterocycles. The minimum absolute atomic E-state index is 0. The fourth-order valence-corrected chi connectivity index (χ4v) is 20.8. The van der Waals surface area contributed by atoms with Gasteiger partial charge in [0, 0.05) is 21.1 Å². The van der Waals surface area contributed by atoms with Gasteiger partial charge in [-0.2, -0.15) is 0 Å². The topological polar surface area (TPSA) is 34.1 Å². The molecule has 0 N–H and O–H groups in total. The van der Waals surface area contributed by atoms with Crippen LogP contribution in [-0.4, -0.2) is 13.6 Å². The van der Waals surface area contributed by atoms with E-state index in [1.54, 1.807) is 0 Å². The van der Waals surface area contributed by atoms with E-state index in [2.05, 4.69) is 378 Å². The van der Waals surface area contributed by atoms with E-state index in [-0.39, 0.29) is 52.8 Å². The molecule has 2 nitrogen and oxygen atoms in total. The number of benzene rings is 12. The third-order valence-corrected chi connectivity index (χ3v) is 24.7. The van der Waals surface area contributed by atoms with Crippen molar-refractivity contribution in [2.45, 2.75) is 73.9 Å². The van der Waals surface area contributed by atoms with Gasteiger partial charge in [0.05, 0.1) is 0 Å². The van der Waals surface area contributed by atoms with Gasteiger partial charge in [-0.1, -0.05) is 396 Å². The van der Waals surface area contributed by atoms with Crippen LogP contribution >= 0.6 is 31.7 Å². The van der Waals surface area contributed by atoms with E-state index in [9.17, 15) is 0 Å². The Hall–Kier alpha value is -7.61. The zero-order chi connectivity index (χ0) is 64.1. The standard InChI is InChI=1S/4C21H21P.2CO.W/c4*1-4-10-19(11-5-1)16-22(17-20-12-6-2-7-13-20)18-21-14-8-3-9-15-21;2*1-2;/h4*1-15H,16-18H2;;;. The van der Waals surface area contributed by atoms with Crippen molar-refractivity contribution >= 4 is 45.3 Å². The van der Waals surface area contributed by atoms with Crippen LogP contribution in [0.25, 0.3) is 0 Å². The molecule has 0 heterocycles. The van der Waals surface area contributed by atoms with Crippen LogP contribution in [0, 0.1) is 0 Å². The quantitative estimate of drug-likeness (QED) is 0.0565. The Morgan fingerprint density at radius 3 is 0.269 bits per heavy atom. The normalized spacial score (nSPS) is 10.3. The molecule has 12 aromatic carbocycles. The Morgan fingerprint density at radius 1 is 0.140 bits per heavy atom. The van der Waals surface area contributed by atoms with Gasteiger partial charge >= 0.3 is 0 Å². The van der Waals surface area contributed by atoms with Gasteiger partial charge < -0.3 is 0 Å². The molecule has 0 spiro atoms. The fourth-order valence-electron chi connectivity index (χ4n) is 10.8. The largest absolute Gasteiger partial charge is 0.281 e. The van der Waals surface area contributed by atoms with E-state index in [0.29, 0.717) is 0 Å². The molecule has 12 aromatic rings. The molecular weight excluding hydrogens is 1370 g/mol. The van der Waals surface area contributed by atoms with E-state index < -0.39 is 0 Å². The maximum absolute atomic E-state index is 7.50. The molecule has 12 rings (SSSR count). The number of hydrogen-bond donors (Lipinski definition) is 0. The van der Waals surface area contributed by atoms with Crippen LogP contribution in [0.3, 0.4) is 0 Å². The van der Waals surface area contributed by atoms with E-state index in [1.165, 1.54) is 141 Å². The van der Waals surface area contributed by atoms with Crippen molar-refractivity contribution in [3.05, 3.63) is 431 Å². The minimum atomic E-state index is -0.0895. The van der Waals surface area contributed by atoms with Crippen molar-refractivity contribution in [3.8, 4) is 0 Å². The van der Waals surface area contributed by atoms with Crippen molar-refractivity contribution in [2.75, 3.05) is 0 Å². The average molecular weight is 1460 g/mol. The first-order valence-corrected chi connectivity index (χ1v) is 39.0. The maximum atomic E-state index is 7.50. The Bertz CT molecular complexity index is 2810. The molecule has 0 aliphatic carbocycles. The average Bonchev–Trinajstić information content (AvgIpc) is 2.61. The molecule has 0 aromatic heterocycles. The number of carbonyl (C=O) groups excluding carboxylic acids is 2.